The third kappa shape index (κ3) is 2.67. The molecule has 3 fully saturated rings. The van der Waals surface area contributed by atoms with Crippen molar-refractivity contribution in [3.8, 4) is 5.75 Å². The summed E-state index contributed by atoms with van der Waals surface area (Å²) < 4.78 is 18.7. The minimum Gasteiger partial charge on any atom is -0.490 e. The van der Waals surface area contributed by atoms with E-state index >= 15 is 0 Å². The number of carbonyl (C=O) groups excluding carboxylic acids is 1. The van der Waals surface area contributed by atoms with E-state index in [-0.39, 0.29) is 28.9 Å². The van der Waals surface area contributed by atoms with Crippen molar-refractivity contribution in [3.05, 3.63) is 42.0 Å². The molecule has 146 valence electrons. The van der Waals surface area contributed by atoms with E-state index in [1.54, 1.807) is 12.3 Å². The fourth-order valence-corrected chi connectivity index (χ4v) is 4.40. The van der Waals surface area contributed by atoms with Gasteiger partial charge in [-0.1, -0.05) is 5.16 Å². The van der Waals surface area contributed by atoms with Crippen molar-refractivity contribution in [1.29, 1.82) is 0 Å². The van der Waals surface area contributed by atoms with Crippen LogP contribution in [0, 0.1) is 0 Å². The lowest BCUT2D eigenvalue weighted by molar-refractivity contribution is 0.0154. The molecule has 0 unspecified atom stereocenters. The lowest BCUT2D eigenvalue weighted by atomic mass is 9.62. The molecule has 3 aliphatic rings. The molecule has 1 aliphatic carbocycles. The average molecular weight is 382 g/mol. The largest absolute Gasteiger partial charge is 0.490 e. The summed E-state index contributed by atoms with van der Waals surface area (Å²) >= 11 is 0. The minimum absolute atomic E-state index is 0.0101. The van der Waals surface area contributed by atoms with Gasteiger partial charge in [0, 0.05) is 29.9 Å². The summed E-state index contributed by atoms with van der Waals surface area (Å²) in [6.07, 6.45) is 7.11. The van der Waals surface area contributed by atoms with E-state index in [2.05, 4.69) is 17.4 Å². The molecule has 0 atom stereocenters. The second kappa shape index (κ2) is 5.81. The summed E-state index contributed by atoms with van der Waals surface area (Å²) in [6.45, 7) is 6.68. The molecular formula is C20H22N4O4. The number of anilines is 1. The normalized spacial score (nSPS) is 25.9. The van der Waals surface area contributed by atoms with Gasteiger partial charge in [0.05, 0.1) is 35.8 Å². The van der Waals surface area contributed by atoms with Crippen LogP contribution in [0.2, 0.25) is 0 Å². The van der Waals surface area contributed by atoms with Crippen molar-refractivity contribution in [2.24, 2.45) is 0 Å². The first-order valence-corrected chi connectivity index (χ1v) is 9.42. The van der Waals surface area contributed by atoms with Crippen LogP contribution in [0.4, 0.5) is 5.88 Å². The molecule has 0 spiro atoms. The number of nitrogens with zero attached hydrogens (tertiary/aromatic N) is 3. The number of aromatic nitrogens is 3. The predicted octanol–water partition coefficient (Wildman–Crippen LogP) is 3.18. The van der Waals surface area contributed by atoms with Gasteiger partial charge in [0.25, 0.3) is 5.91 Å². The van der Waals surface area contributed by atoms with Gasteiger partial charge in [-0.25, -0.2) is 4.98 Å². The smallest absolute Gasteiger partial charge is 0.263 e. The molecule has 6 rings (SSSR count). The Morgan fingerprint density at radius 1 is 1.36 bits per heavy atom. The maximum absolute atomic E-state index is 12.8. The van der Waals surface area contributed by atoms with E-state index < -0.39 is 0 Å². The summed E-state index contributed by atoms with van der Waals surface area (Å²) in [6, 6.07) is 3.39. The van der Waals surface area contributed by atoms with Crippen LogP contribution < -0.4 is 10.1 Å². The monoisotopic (exact) mass is 382 g/mol. The number of amides is 1. The molecule has 0 radical (unpaired) electrons. The van der Waals surface area contributed by atoms with Gasteiger partial charge >= 0.3 is 0 Å². The van der Waals surface area contributed by atoms with Crippen LogP contribution in [0.15, 0.2) is 35.2 Å². The highest BCUT2D eigenvalue weighted by atomic mass is 16.5. The molecule has 1 saturated carbocycles. The Kier molecular flexibility index (Phi) is 3.58. The van der Waals surface area contributed by atoms with Crippen LogP contribution >= 0.6 is 0 Å². The molecular weight excluding hydrogens is 360 g/mol. The van der Waals surface area contributed by atoms with Gasteiger partial charge in [0.1, 0.15) is 11.4 Å². The van der Waals surface area contributed by atoms with Gasteiger partial charge in [-0.15, -0.1) is 0 Å². The molecule has 5 heterocycles. The summed E-state index contributed by atoms with van der Waals surface area (Å²) in [5.74, 6) is 0.432. The van der Waals surface area contributed by atoms with E-state index in [1.807, 2.05) is 30.5 Å². The van der Waals surface area contributed by atoms with Gasteiger partial charge in [-0.3, -0.25) is 10.1 Å². The standard InChI is InChI=1S/C20H22N4O4/c1-12(2)27-14-6-16-22-15(20-9-19(3,10-20)26-11-20)8-24(16)7-13(14)18(25)23-17-4-5-21-28-17/h4-8,12H,9-11H2,1-3H3,(H,23,25). The van der Waals surface area contributed by atoms with E-state index in [1.165, 1.54) is 6.20 Å². The van der Waals surface area contributed by atoms with Crippen LogP contribution in [0.3, 0.4) is 0 Å². The summed E-state index contributed by atoms with van der Waals surface area (Å²) in [7, 11) is 0. The Hall–Kier alpha value is -2.87. The Balaban J connectivity index is 1.53. The number of hydrogen-bond acceptors (Lipinski definition) is 6. The summed E-state index contributed by atoms with van der Waals surface area (Å²) in [5.41, 5.74) is 2.13. The fourth-order valence-electron chi connectivity index (χ4n) is 4.40. The number of fused-ring (bicyclic) bond motifs is 2. The van der Waals surface area contributed by atoms with Gasteiger partial charge < -0.3 is 18.4 Å². The second-order valence-corrected chi connectivity index (χ2v) is 8.31. The molecule has 3 aromatic rings. The van der Waals surface area contributed by atoms with Crippen molar-refractivity contribution in [1.82, 2.24) is 14.5 Å². The van der Waals surface area contributed by atoms with Crippen molar-refractivity contribution < 1.29 is 18.8 Å². The van der Waals surface area contributed by atoms with Crippen molar-refractivity contribution in [2.75, 3.05) is 11.9 Å². The lowest BCUT2D eigenvalue weighted by Gasteiger charge is -2.41. The fraction of sp³-hybridized carbons (Fsp3) is 0.450. The van der Waals surface area contributed by atoms with E-state index in [4.69, 9.17) is 19.0 Å². The first kappa shape index (κ1) is 17.2. The maximum atomic E-state index is 12.8. The minimum atomic E-state index is -0.330. The molecule has 1 amide bonds. The number of nitrogens with one attached hydrogen (secondary N) is 1. The number of rotatable bonds is 5. The Morgan fingerprint density at radius 2 is 2.18 bits per heavy atom. The SMILES string of the molecule is CC(C)Oc1cc2nc(C34COC(C)(C3)C4)cn2cc1C(=O)Nc1ccno1. The van der Waals surface area contributed by atoms with E-state index in [0.29, 0.717) is 17.9 Å². The van der Waals surface area contributed by atoms with Gasteiger partial charge in [-0.05, 0) is 33.6 Å². The highest BCUT2D eigenvalue weighted by Crippen LogP contribution is 2.58. The number of imidazole rings is 1. The predicted molar refractivity (Wildman–Crippen MR) is 101 cm³/mol. The molecule has 3 aromatic heterocycles. The lowest BCUT2D eigenvalue weighted by Crippen LogP contribution is -2.45. The molecule has 0 aromatic carbocycles. The highest BCUT2D eigenvalue weighted by Gasteiger charge is 2.61. The first-order chi connectivity index (χ1) is 13.4. The van der Waals surface area contributed by atoms with Gasteiger partial charge in [0.2, 0.25) is 5.88 Å². The third-order valence-electron chi connectivity index (χ3n) is 5.50. The topological polar surface area (TPSA) is 90.9 Å². The zero-order chi connectivity index (χ0) is 19.5. The number of hydrogen-bond donors (Lipinski definition) is 1. The molecule has 8 nitrogen and oxygen atoms in total. The molecule has 1 N–H and O–H groups in total. The zero-order valence-corrected chi connectivity index (χ0v) is 16.1. The Labute approximate surface area is 161 Å². The van der Waals surface area contributed by atoms with Crippen LogP contribution in [-0.2, 0) is 10.2 Å². The summed E-state index contributed by atoms with van der Waals surface area (Å²) in [5, 5.41) is 6.30. The van der Waals surface area contributed by atoms with Crippen LogP contribution in [0.1, 0.15) is 49.7 Å². The van der Waals surface area contributed by atoms with Crippen LogP contribution in [-0.4, -0.2) is 38.8 Å². The number of ether oxygens (including phenoxy) is 2. The second-order valence-electron chi connectivity index (χ2n) is 8.31. The quantitative estimate of drug-likeness (QED) is 0.729. The average Bonchev–Trinajstić information content (AvgIpc) is 3.35. The number of pyridine rings is 1. The Morgan fingerprint density at radius 3 is 2.82 bits per heavy atom. The van der Waals surface area contributed by atoms with Gasteiger partial charge in [-0.2, -0.15) is 0 Å². The number of carbonyl (C=O) groups is 1. The first-order valence-electron chi connectivity index (χ1n) is 9.42. The third-order valence-corrected chi connectivity index (χ3v) is 5.50. The van der Waals surface area contributed by atoms with Crippen LogP contribution in [0.5, 0.6) is 5.75 Å². The zero-order valence-electron chi connectivity index (χ0n) is 16.1. The highest BCUT2D eigenvalue weighted by molar-refractivity contribution is 6.05. The van der Waals surface area contributed by atoms with E-state index in [9.17, 15) is 4.79 Å². The Bertz CT molecular complexity index is 1050. The molecule has 2 bridgehead atoms. The molecule has 28 heavy (non-hydrogen) atoms. The van der Waals surface area contributed by atoms with Gasteiger partial charge in [0.15, 0.2) is 0 Å². The van der Waals surface area contributed by atoms with Crippen LogP contribution in [0.25, 0.3) is 5.65 Å². The molecule has 2 aliphatic heterocycles. The summed E-state index contributed by atoms with van der Waals surface area (Å²) in [4.78, 5) is 17.6. The molecule has 2 saturated heterocycles. The van der Waals surface area contributed by atoms with Crippen molar-refractivity contribution in [2.45, 2.75) is 50.7 Å². The molecule has 8 heteroatoms. The van der Waals surface area contributed by atoms with Crippen molar-refractivity contribution in [3.63, 3.8) is 0 Å². The van der Waals surface area contributed by atoms with Crippen molar-refractivity contribution >= 4 is 17.4 Å². The van der Waals surface area contributed by atoms with E-state index in [0.717, 1.165) is 24.2 Å². The maximum Gasteiger partial charge on any atom is 0.263 e.